The van der Waals surface area contributed by atoms with Crippen LogP contribution in [-0.4, -0.2) is 24.2 Å². The minimum absolute atomic E-state index is 0.00410. The fourth-order valence-electron chi connectivity index (χ4n) is 6.63. The van der Waals surface area contributed by atoms with Crippen molar-refractivity contribution in [2.45, 2.75) is 12.3 Å². The molecule has 6 aromatic rings. The van der Waals surface area contributed by atoms with Gasteiger partial charge in [-0.25, -0.2) is 0 Å². The number of nitrogens with one attached hydrogen (secondary N) is 2. The molecule has 0 bridgehead atoms. The second-order valence-corrected chi connectivity index (χ2v) is 12.4. The Balaban J connectivity index is 0.000000218. The van der Waals surface area contributed by atoms with Crippen molar-refractivity contribution < 1.29 is 0 Å². The van der Waals surface area contributed by atoms with E-state index in [4.69, 9.17) is 16.6 Å². The van der Waals surface area contributed by atoms with Gasteiger partial charge in [-0.15, -0.1) is 0 Å². The van der Waals surface area contributed by atoms with Crippen LogP contribution in [0.3, 0.4) is 0 Å². The molecule has 4 nitrogen and oxygen atoms in total. The molecule has 0 radical (unpaired) electrons. The third kappa shape index (κ3) is 5.92. The minimum atomic E-state index is 0.00410. The van der Waals surface area contributed by atoms with Gasteiger partial charge in [-0.2, -0.15) is 0 Å². The first-order valence-corrected chi connectivity index (χ1v) is 16.1. The number of benzene rings is 6. The topological polar surface area (TPSA) is 86.1 Å². The van der Waals surface area contributed by atoms with E-state index in [1.165, 1.54) is 43.8 Å². The summed E-state index contributed by atoms with van der Waals surface area (Å²) in [5, 5.41) is 20.8. The SMILES string of the molecule is CC1(c2cccc(N)c2)C=CC=NC1.N=C1C=CC(c2cccc(-c3c4ccccc4c(-c4ccccc4)c4ccccc34)c2)=CC1=N. The van der Waals surface area contributed by atoms with Gasteiger partial charge in [0.25, 0.3) is 0 Å². The standard InChI is InChI=1S/C32H22N2.C12H14N2/c33-29-18-17-23(20-30(29)34)22-11-8-12-24(19-22)32-27-15-6-4-13-25(27)31(21-9-2-1-3-10-21)26-14-5-7-16-28(26)32;1-12(6-3-7-14-9-12)10-4-2-5-11(13)8-10/h1-20,33-34H;2-8H,9,13H2,1H3. The van der Waals surface area contributed by atoms with Crippen LogP contribution < -0.4 is 5.73 Å². The second-order valence-electron chi connectivity index (χ2n) is 12.4. The van der Waals surface area contributed by atoms with Crippen molar-refractivity contribution in [2.75, 3.05) is 12.3 Å². The van der Waals surface area contributed by atoms with Crippen LogP contribution in [0.1, 0.15) is 18.1 Å². The molecule has 0 saturated heterocycles. The molecule has 0 spiro atoms. The van der Waals surface area contributed by atoms with Gasteiger partial charge in [0.1, 0.15) is 0 Å². The molecule has 1 atom stereocenters. The van der Waals surface area contributed by atoms with E-state index in [0.717, 1.165) is 28.9 Å². The molecule has 0 fully saturated rings. The Morgan fingerprint density at radius 1 is 0.604 bits per heavy atom. The van der Waals surface area contributed by atoms with E-state index in [1.807, 2.05) is 36.6 Å². The summed E-state index contributed by atoms with van der Waals surface area (Å²) in [6, 6.07) is 44.5. The lowest BCUT2D eigenvalue weighted by molar-refractivity contribution is 0.606. The number of anilines is 1. The first-order valence-electron chi connectivity index (χ1n) is 16.1. The highest BCUT2D eigenvalue weighted by Gasteiger charge is 2.24. The normalized spacial score (nSPS) is 16.9. The van der Waals surface area contributed by atoms with E-state index in [1.54, 1.807) is 12.2 Å². The lowest BCUT2D eigenvalue weighted by Gasteiger charge is -2.26. The smallest absolute Gasteiger partial charge is 0.0795 e. The molecule has 6 aromatic carbocycles. The largest absolute Gasteiger partial charge is 0.399 e. The number of hydrogen-bond acceptors (Lipinski definition) is 4. The van der Waals surface area contributed by atoms with E-state index in [-0.39, 0.29) is 16.8 Å². The van der Waals surface area contributed by atoms with Crippen LogP contribution in [0.2, 0.25) is 0 Å². The molecule has 1 heterocycles. The summed E-state index contributed by atoms with van der Waals surface area (Å²) in [5.41, 5.74) is 15.1. The highest BCUT2D eigenvalue weighted by atomic mass is 14.7. The molecular formula is C44H36N4. The molecule has 232 valence electrons. The molecule has 2 aliphatic rings. The zero-order valence-corrected chi connectivity index (χ0v) is 26.8. The van der Waals surface area contributed by atoms with E-state index in [2.05, 4.69) is 127 Å². The fraction of sp³-hybridized carbons (Fsp3) is 0.0682. The lowest BCUT2D eigenvalue weighted by atomic mass is 9.81. The molecule has 0 saturated carbocycles. The average Bonchev–Trinajstić information content (AvgIpc) is 3.13. The molecule has 1 aliphatic carbocycles. The summed E-state index contributed by atoms with van der Waals surface area (Å²) < 4.78 is 0. The number of aliphatic imine (C=N–C) groups is 1. The minimum Gasteiger partial charge on any atom is -0.399 e. The van der Waals surface area contributed by atoms with Crippen molar-refractivity contribution in [3.05, 3.63) is 169 Å². The first-order chi connectivity index (χ1) is 23.4. The molecule has 0 amide bonds. The molecule has 4 N–H and O–H groups in total. The molecule has 48 heavy (non-hydrogen) atoms. The van der Waals surface area contributed by atoms with Crippen molar-refractivity contribution in [3.63, 3.8) is 0 Å². The zero-order valence-electron chi connectivity index (χ0n) is 26.8. The predicted molar refractivity (Wildman–Crippen MR) is 206 cm³/mol. The first kappa shape index (κ1) is 30.5. The maximum Gasteiger partial charge on any atom is 0.0795 e. The number of fused-ring (bicyclic) bond motifs is 2. The molecule has 4 heteroatoms. The van der Waals surface area contributed by atoms with E-state index in [0.29, 0.717) is 0 Å². The molecule has 8 rings (SSSR count). The van der Waals surface area contributed by atoms with Crippen molar-refractivity contribution in [3.8, 4) is 22.3 Å². The van der Waals surface area contributed by atoms with Crippen molar-refractivity contribution in [2.24, 2.45) is 4.99 Å². The Hall–Kier alpha value is -6.13. The fourth-order valence-corrected chi connectivity index (χ4v) is 6.63. The number of dihydropyridines is 1. The summed E-state index contributed by atoms with van der Waals surface area (Å²) in [7, 11) is 0. The van der Waals surface area contributed by atoms with Crippen LogP contribution in [0.5, 0.6) is 0 Å². The van der Waals surface area contributed by atoms with Gasteiger partial charge >= 0.3 is 0 Å². The monoisotopic (exact) mass is 620 g/mol. The van der Waals surface area contributed by atoms with E-state index < -0.39 is 0 Å². The Morgan fingerprint density at radius 2 is 1.19 bits per heavy atom. The van der Waals surface area contributed by atoms with Crippen LogP contribution >= 0.6 is 0 Å². The number of nitrogens with zero attached hydrogens (tertiary/aromatic N) is 1. The molecular weight excluding hydrogens is 585 g/mol. The number of nitrogen functional groups attached to an aromatic ring is 1. The van der Waals surface area contributed by atoms with Crippen molar-refractivity contribution in [1.29, 1.82) is 10.8 Å². The van der Waals surface area contributed by atoms with Gasteiger partial charge in [0.05, 0.1) is 18.0 Å². The van der Waals surface area contributed by atoms with E-state index in [9.17, 15) is 0 Å². The van der Waals surface area contributed by atoms with Crippen LogP contribution in [0, 0.1) is 10.8 Å². The van der Waals surface area contributed by atoms with Gasteiger partial charge in [0.2, 0.25) is 0 Å². The summed E-state index contributed by atoms with van der Waals surface area (Å²) in [6.07, 6.45) is 11.4. The summed E-state index contributed by atoms with van der Waals surface area (Å²) in [5.74, 6) is 0. The van der Waals surface area contributed by atoms with Gasteiger partial charge in [-0.3, -0.25) is 15.8 Å². The quantitative estimate of drug-likeness (QED) is 0.102. The Kier molecular flexibility index (Phi) is 8.22. The zero-order chi connectivity index (χ0) is 33.1. The Labute approximate surface area is 281 Å². The third-order valence-corrected chi connectivity index (χ3v) is 9.12. The highest BCUT2D eigenvalue weighted by Crippen LogP contribution is 2.44. The van der Waals surface area contributed by atoms with Crippen molar-refractivity contribution in [1.82, 2.24) is 0 Å². The highest BCUT2D eigenvalue weighted by molar-refractivity contribution is 6.50. The maximum absolute atomic E-state index is 8.06. The van der Waals surface area contributed by atoms with Gasteiger partial charge in [-0.1, -0.05) is 128 Å². The van der Waals surface area contributed by atoms with Gasteiger partial charge in [0, 0.05) is 17.3 Å². The van der Waals surface area contributed by atoms with Crippen molar-refractivity contribution >= 4 is 50.4 Å². The molecule has 0 aromatic heterocycles. The predicted octanol–water partition coefficient (Wildman–Crippen LogP) is 10.5. The van der Waals surface area contributed by atoms with Crippen LogP contribution in [0.15, 0.2) is 163 Å². The lowest BCUT2D eigenvalue weighted by Crippen LogP contribution is -2.25. The van der Waals surface area contributed by atoms with Crippen LogP contribution in [-0.2, 0) is 5.41 Å². The number of hydrogen-bond donors (Lipinski definition) is 3. The number of allylic oxidation sites excluding steroid dienone is 5. The third-order valence-electron chi connectivity index (χ3n) is 9.12. The molecule has 1 unspecified atom stereocenters. The summed E-state index contributed by atoms with van der Waals surface area (Å²) in [6.45, 7) is 2.97. The summed E-state index contributed by atoms with van der Waals surface area (Å²) in [4.78, 5) is 4.28. The Bertz CT molecular complexity index is 2270. The van der Waals surface area contributed by atoms with Gasteiger partial charge in [-0.05, 0) is 96.9 Å². The van der Waals surface area contributed by atoms with Crippen LogP contribution in [0.4, 0.5) is 5.69 Å². The number of nitrogens with two attached hydrogens (primary N) is 1. The van der Waals surface area contributed by atoms with Crippen LogP contribution in [0.25, 0.3) is 49.4 Å². The average molecular weight is 621 g/mol. The Morgan fingerprint density at radius 3 is 1.79 bits per heavy atom. The number of rotatable bonds is 4. The summed E-state index contributed by atoms with van der Waals surface area (Å²) >= 11 is 0. The molecule has 1 aliphatic heterocycles. The second kappa shape index (κ2) is 12.9. The van der Waals surface area contributed by atoms with E-state index >= 15 is 0 Å². The van der Waals surface area contributed by atoms with Gasteiger partial charge < -0.3 is 5.73 Å². The maximum atomic E-state index is 8.06. The van der Waals surface area contributed by atoms with Gasteiger partial charge in [0.15, 0.2) is 0 Å².